The number of ketones is 1. The summed E-state index contributed by atoms with van der Waals surface area (Å²) < 4.78 is 60.4. The Morgan fingerprint density at radius 1 is 0.509 bits per heavy atom. The first-order valence-electron chi connectivity index (χ1n) is 35.3. The number of carbonyl (C=O) groups excluding carboxylic acids is 7. The molecule has 4 spiro atoms. The van der Waals surface area contributed by atoms with Crippen molar-refractivity contribution in [2.24, 2.45) is 22.0 Å². The molecule has 8 aliphatic rings. The SMILES string of the molecule is CC1(C)CCC(=O)CC1.CCOC(=O)CN.CCOC(=O)[C@@H]1NC2(CCC(C)(C)CC2)[C@@]2(C(=O)Nc3cc(Cl)ccc32)[C@H]1c1ccnc(Cl)c1F.CCOC(=O)[C@@H]1NC2(CCC(C)(C)CC2)[C@@]2(C(=O)Nc3cc(Cl)ccc32)[C@H]1c1ccnc(Cl)c1F.O=C1Nc2cc(Cl)ccc2C1=Cc1ccnc(Cl)c1F. The zero-order valence-corrected chi connectivity index (χ0v) is 64.8. The average molecular weight is 1580 g/mol. The van der Waals surface area contributed by atoms with Crippen LogP contribution in [0, 0.1) is 33.7 Å². The number of anilines is 3. The maximum Gasteiger partial charge on any atom is 0.323 e. The molecule has 3 aliphatic carbocycles. The van der Waals surface area contributed by atoms with Crippen molar-refractivity contribution in [1.29, 1.82) is 0 Å². The molecular formula is C78H86Cl6F3N9O10. The molecule has 3 aromatic heterocycles. The number of fused-ring (bicyclic) bond motifs is 7. The van der Waals surface area contributed by atoms with Gasteiger partial charge in [-0.15, -0.1) is 0 Å². The minimum Gasteiger partial charge on any atom is -0.465 e. The number of benzene rings is 3. The van der Waals surface area contributed by atoms with Gasteiger partial charge in [-0.2, -0.15) is 0 Å². The van der Waals surface area contributed by atoms with Crippen molar-refractivity contribution in [1.82, 2.24) is 25.6 Å². The maximum absolute atomic E-state index is 15.6. The van der Waals surface area contributed by atoms with Gasteiger partial charge in [0.25, 0.3) is 5.91 Å². The summed E-state index contributed by atoms with van der Waals surface area (Å²) in [7, 11) is 0. The summed E-state index contributed by atoms with van der Waals surface area (Å²) in [6, 6.07) is 18.1. The summed E-state index contributed by atoms with van der Waals surface area (Å²) >= 11 is 36.3. The first kappa shape index (κ1) is 81.3. The summed E-state index contributed by atoms with van der Waals surface area (Å²) in [5.41, 5.74) is 6.00. The molecule has 3 aromatic carbocycles. The highest BCUT2D eigenvalue weighted by Crippen LogP contribution is 2.66. The van der Waals surface area contributed by atoms with E-state index in [-0.39, 0.29) is 86.4 Å². The van der Waals surface area contributed by atoms with Crippen LogP contribution in [0.15, 0.2) is 91.4 Å². The molecule has 3 saturated carbocycles. The summed E-state index contributed by atoms with van der Waals surface area (Å²) in [6.07, 6.45) is 15.3. The van der Waals surface area contributed by atoms with E-state index in [2.05, 4.69) is 87.8 Å². The van der Waals surface area contributed by atoms with Crippen LogP contribution in [0.3, 0.4) is 0 Å². The van der Waals surface area contributed by atoms with Crippen LogP contribution in [0.25, 0.3) is 11.6 Å². The third kappa shape index (κ3) is 15.8. The number of carbonyl (C=O) groups is 7. The van der Waals surface area contributed by atoms with Crippen molar-refractivity contribution in [3.05, 3.63) is 173 Å². The summed E-state index contributed by atoms with van der Waals surface area (Å²) in [4.78, 5) is 99.3. The number of halogens is 9. The molecule has 5 fully saturated rings. The van der Waals surface area contributed by atoms with Crippen molar-refractivity contribution in [2.45, 2.75) is 185 Å². The van der Waals surface area contributed by atoms with Gasteiger partial charge in [-0.05, 0) is 184 Å². The number of amides is 3. The molecule has 0 unspecified atom stereocenters. The second kappa shape index (κ2) is 32.5. The topological polar surface area (TPSA) is 272 Å². The molecule has 19 nitrogen and oxygen atoms in total. The van der Waals surface area contributed by atoms with Gasteiger partial charge >= 0.3 is 17.9 Å². The van der Waals surface area contributed by atoms with Crippen LogP contribution in [0.5, 0.6) is 0 Å². The van der Waals surface area contributed by atoms with Gasteiger partial charge in [0.2, 0.25) is 11.8 Å². The molecule has 6 aromatic rings. The number of pyridine rings is 3. The predicted molar refractivity (Wildman–Crippen MR) is 405 cm³/mol. The number of rotatable bonds is 9. The lowest BCUT2D eigenvalue weighted by Gasteiger charge is -2.50. The first-order chi connectivity index (χ1) is 50.1. The minimum absolute atomic E-state index is 0.0200. The van der Waals surface area contributed by atoms with Crippen molar-refractivity contribution in [2.75, 3.05) is 42.3 Å². The van der Waals surface area contributed by atoms with Gasteiger partial charge < -0.3 is 35.9 Å². The Labute approximate surface area is 644 Å². The Hall–Kier alpha value is -7.25. The fourth-order valence-corrected chi connectivity index (χ4v) is 17.5. The summed E-state index contributed by atoms with van der Waals surface area (Å²) in [5, 5.41) is 16.4. The number of ether oxygens (including phenoxy) is 3. The molecule has 3 amide bonds. The monoisotopic (exact) mass is 1580 g/mol. The van der Waals surface area contributed by atoms with Crippen LogP contribution in [-0.4, -0.2) is 106 Å². The zero-order chi connectivity index (χ0) is 77.2. The van der Waals surface area contributed by atoms with E-state index < -0.39 is 75.2 Å². The van der Waals surface area contributed by atoms with E-state index in [1.807, 2.05) is 12.1 Å². The number of nitrogens with two attached hydrogens (primary N) is 1. The lowest BCUT2D eigenvalue weighted by atomic mass is 9.53. The van der Waals surface area contributed by atoms with Gasteiger partial charge in [0.1, 0.15) is 28.7 Å². The van der Waals surface area contributed by atoms with Crippen LogP contribution in [-0.2, 0) is 58.6 Å². The van der Waals surface area contributed by atoms with E-state index in [0.717, 1.165) is 51.4 Å². The largest absolute Gasteiger partial charge is 0.465 e. The van der Waals surface area contributed by atoms with Crippen LogP contribution >= 0.6 is 69.6 Å². The van der Waals surface area contributed by atoms with Crippen LogP contribution in [0.1, 0.15) is 185 Å². The lowest BCUT2D eigenvalue weighted by molar-refractivity contribution is -0.146. The Kier molecular flexibility index (Phi) is 24.9. The van der Waals surface area contributed by atoms with Crippen LogP contribution in [0.2, 0.25) is 30.5 Å². The minimum atomic E-state index is -1.29. The van der Waals surface area contributed by atoms with Crippen molar-refractivity contribution in [3.63, 3.8) is 0 Å². The number of nitrogens with one attached hydrogen (secondary N) is 5. The van der Waals surface area contributed by atoms with E-state index in [9.17, 15) is 38.0 Å². The Bertz CT molecular complexity index is 4250. The second-order valence-electron chi connectivity index (χ2n) is 30.0. The van der Waals surface area contributed by atoms with Crippen LogP contribution < -0.4 is 32.3 Å². The number of esters is 3. The van der Waals surface area contributed by atoms with E-state index in [1.54, 1.807) is 63.2 Å². The number of aromatic nitrogens is 3. The van der Waals surface area contributed by atoms with Gasteiger partial charge in [0, 0.05) is 97.5 Å². The van der Waals surface area contributed by atoms with Gasteiger partial charge in [-0.1, -0.05) is 129 Å². The van der Waals surface area contributed by atoms with E-state index in [4.69, 9.17) is 84.8 Å². The molecule has 28 heteroatoms. The quantitative estimate of drug-likeness (QED) is 0.0340. The highest BCUT2D eigenvalue weighted by Gasteiger charge is 2.75. The second-order valence-corrected chi connectivity index (χ2v) is 32.4. The number of hydrogen-bond acceptors (Lipinski definition) is 16. The molecule has 7 N–H and O–H groups in total. The molecule has 566 valence electrons. The Morgan fingerprint density at radius 2 is 0.896 bits per heavy atom. The van der Waals surface area contributed by atoms with E-state index in [0.29, 0.717) is 97.9 Å². The summed E-state index contributed by atoms with van der Waals surface area (Å²) in [6.45, 7) is 19.2. The van der Waals surface area contributed by atoms with Gasteiger partial charge in [0.15, 0.2) is 32.9 Å². The zero-order valence-electron chi connectivity index (χ0n) is 60.3. The third-order valence-corrected chi connectivity index (χ3v) is 23.5. The number of nitrogens with zero attached hydrogens (tertiary/aromatic N) is 3. The van der Waals surface area contributed by atoms with Crippen molar-refractivity contribution in [3.8, 4) is 0 Å². The number of hydrogen-bond donors (Lipinski definition) is 6. The first-order valence-corrected chi connectivity index (χ1v) is 37.6. The highest BCUT2D eigenvalue weighted by atomic mass is 35.5. The van der Waals surface area contributed by atoms with Gasteiger partial charge in [-0.3, -0.25) is 44.2 Å². The molecule has 8 heterocycles. The Morgan fingerprint density at radius 3 is 1.29 bits per heavy atom. The van der Waals surface area contributed by atoms with Crippen LogP contribution in [0.4, 0.5) is 30.2 Å². The molecule has 5 aliphatic heterocycles. The van der Waals surface area contributed by atoms with E-state index in [1.165, 1.54) is 42.9 Å². The molecule has 0 bridgehead atoms. The van der Waals surface area contributed by atoms with Gasteiger partial charge in [-0.25, -0.2) is 28.1 Å². The predicted octanol–water partition coefficient (Wildman–Crippen LogP) is 16.4. The fourth-order valence-electron chi connectivity index (χ4n) is 16.5. The fraction of sp³-hybridized carbons (Fsp3) is 0.462. The molecule has 2 saturated heterocycles. The standard InChI is InChI=1S/2C26H28Cl2FN3O3.C14H7Cl2FN2O.C8H14O.C4H9NO2/c2*1-4-35-22(33)20-18(15-7-12-30-21(28)19(15)29)26(25(32-20)10-8-24(2,3)9-11-25)16-6-5-14(27)13-17(16)31-23(26)34;15-8-1-2-9-10(14(20)19-11(9)6-8)5-7-3-4-18-13(16)12(7)17;1-8(2)5-3-7(9)4-6-8;1-2-7-4(6)3-5/h2*5-7,12-13,18,20,32H,4,8-11H2,1-3H3,(H,31,34);1-6H,(H,19,20);3-6H2,1-2H3;2-3,5H2,1H3/t2*18-,20+,26+;;;/m00.../s1. The molecule has 0 radical (unpaired) electrons. The summed E-state index contributed by atoms with van der Waals surface area (Å²) in [5.74, 6) is -5.78. The average Bonchev–Trinajstić information content (AvgIpc) is 1.49. The van der Waals surface area contributed by atoms with E-state index >= 15 is 8.78 Å². The normalized spacial score (nSPS) is 24.3. The highest BCUT2D eigenvalue weighted by molar-refractivity contribution is 6.37. The number of Topliss-reactive ketones (excluding diaryl/α,β-unsaturated/α-hetero) is 1. The molecule has 106 heavy (non-hydrogen) atoms. The van der Waals surface area contributed by atoms with Crippen molar-refractivity contribution >= 4 is 140 Å². The smallest absolute Gasteiger partial charge is 0.323 e. The lowest BCUT2D eigenvalue weighted by Crippen LogP contribution is -2.61. The molecule has 14 rings (SSSR count). The molecule has 6 atom stereocenters. The third-order valence-electron chi connectivity index (χ3n) is 22.0. The van der Waals surface area contributed by atoms with Gasteiger partial charge in [0.05, 0.1) is 32.1 Å². The Balaban J connectivity index is 0.000000158. The molecular weight excluding hydrogens is 1490 g/mol. The van der Waals surface area contributed by atoms with Crippen molar-refractivity contribution < 1.29 is 60.9 Å². The maximum atomic E-state index is 15.6.